The highest BCUT2D eigenvalue weighted by Crippen LogP contribution is 2.34. The quantitative estimate of drug-likeness (QED) is 0.565. The summed E-state index contributed by atoms with van der Waals surface area (Å²) in [6.45, 7) is 5.96. The molecule has 1 aromatic heterocycles. The number of nitriles is 1. The van der Waals surface area contributed by atoms with Crippen LogP contribution in [0.3, 0.4) is 0 Å². The molecule has 9 heteroatoms. The van der Waals surface area contributed by atoms with Gasteiger partial charge in [-0.2, -0.15) is 5.26 Å². The van der Waals surface area contributed by atoms with Gasteiger partial charge in [-0.1, -0.05) is 19.1 Å². The first kappa shape index (κ1) is 21.2. The average molecular weight is 440 g/mol. The molecule has 7 nitrogen and oxygen atoms in total. The number of likely N-dealkylation sites (N-methyl/N-ethyl adjacent to an activating group) is 1. The Morgan fingerprint density at radius 2 is 1.65 bits per heavy atom. The third kappa shape index (κ3) is 4.09. The molecule has 1 fully saturated rings. The number of nitrogens with zero attached hydrogens (tertiary/aromatic N) is 5. The fourth-order valence-electron chi connectivity index (χ4n) is 3.73. The van der Waals surface area contributed by atoms with Crippen molar-refractivity contribution >= 4 is 26.7 Å². The molecule has 160 valence electrons. The van der Waals surface area contributed by atoms with Gasteiger partial charge in [0.1, 0.15) is 11.5 Å². The molecule has 1 atom stereocenters. The molecule has 0 saturated carbocycles. The van der Waals surface area contributed by atoms with Crippen LogP contribution in [-0.4, -0.2) is 56.0 Å². The first-order valence-electron chi connectivity index (χ1n) is 10.1. The van der Waals surface area contributed by atoms with Crippen LogP contribution in [-0.2, 0) is 9.84 Å². The van der Waals surface area contributed by atoms with Crippen molar-refractivity contribution in [3.63, 3.8) is 0 Å². The van der Waals surface area contributed by atoms with Crippen LogP contribution in [0.1, 0.15) is 17.9 Å². The van der Waals surface area contributed by atoms with E-state index in [9.17, 15) is 18.1 Å². The third-order valence-corrected chi connectivity index (χ3v) is 7.39. The van der Waals surface area contributed by atoms with E-state index in [4.69, 9.17) is 4.98 Å². The SMILES string of the molecule is CCN1CCN(c2nc3ccccc3nc2[C@@H](C#N)S(=O)(=O)c2ccc(F)cc2)CC1. The molecule has 2 aromatic carbocycles. The van der Waals surface area contributed by atoms with E-state index in [0.29, 0.717) is 29.9 Å². The number of hydrogen-bond donors (Lipinski definition) is 0. The summed E-state index contributed by atoms with van der Waals surface area (Å²) in [5.74, 6) is -0.140. The van der Waals surface area contributed by atoms with E-state index in [1.54, 1.807) is 12.1 Å². The number of anilines is 1. The number of aromatic nitrogens is 2. The predicted octanol–water partition coefficient (Wildman–Crippen LogP) is 2.95. The maximum Gasteiger partial charge on any atom is 0.200 e. The van der Waals surface area contributed by atoms with Gasteiger partial charge in [0, 0.05) is 26.2 Å². The second kappa shape index (κ2) is 8.57. The van der Waals surface area contributed by atoms with Gasteiger partial charge >= 0.3 is 0 Å². The fourth-order valence-corrected chi connectivity index (χ4v) is 5.11. The zero-order valence-electron chi connectivity index (χ0n) is 17.1. The average Bonchev–Trinajstić information content (AvgIpc) is 2.79. The highest BCUT2D eigenvalue weighted by molar-refractivity contribution is 7.92. The topological polar surface area (TPSA) is 90.2 Å². The van der Waals surface area contributed by atoms with Gasteiger partial charge in [0.05, 0.1) is 22.0 Å². The van der Waals surface area contributed by atoms with Crippen LogP contribution in [0.4, 0.5) is 10.2 Å². The van der Waals surface area contributed by atoms with Crippen LogP contribution in [0.2, 0.25) is 0 Å². The van der Waals surface area contributed by atoms with Crippen LogP contribution in [0.5, 0.6) is 0 Å². The van der Waals surface area contributed by atoms with E-state index in [1.165, 1.54) is 12.1 Å². The molecule has 0 N–H and O–H groups in total. The number of benzene rings is 2. The number of sulfone groups is 1. The van der Waals surface area contributed by atoms with Crippen LogP contribution in [0, 0.1) is 17.1 Å². The largest absolute Gasteiger partial charge is 0.352 e. The molecular weight excluding hydrogens is 417 g/mol. The molecule has 0 aliphatic carbocycles. The summed E-state index contributed by atoms with van der Waals surface area (Å²) in [5.41, 5.74) is 1.26. The normalized spacial score (nSPS) is 16.2. The Morgan fingerprint density at radius 3 is 2.23 bits per heavy atom. The molecule has 0 radical (unpaired) electrons. The van der Waals surface area contributed by atoms with Gasteiger partial charge in [0.25, 0.3) is 0 Å². The Morgan fingerprint density at radius 1 is 1.03 bits per heavy atom. The Labute approximate surface area is 180 Å². The van der Waals surface area contributed by atoms with E-state index in [1.807, 2.05) is 23.1 Å². The van der Waals surface area contributed by atoms with E-state index >= 15 is 0 Å². The van der Waals surface area contributed by atoms with E-state index in [2.05, 4.69) is 16.8 Å². The Balaban J connectivity index is 1.84. The Hall–Kier alpha value is -3.09. The summed E-state index contributed by atoms with van der Waals surface area (Å²) in [7, 11) is -4.13. The van der Waals surface area contributed by atoms with Gasteiger partial charge in [0.2, 0.25) is 9.84 Å². The van der Waals surface area contributed by atoms with Crippen molar-refractivity contribution in [1.82, 2.24) is 14.9 Å². The zero-order chi connectivity index (χ0) is 22.0. The van der Waals surface area contributed by atoms with Crippen LogP contribution in [0.15, 0.2) is 53.4 Å². The maximum atomic E-state index is 13.3. The summed E-state index contributed by atoms with van der Waals surface area (Å²) in [6.07, 6.45) is 0. The van der Waals surface area contributed by atoms with Crippen molar-refractivity contribution in [2.75, 3.05) is 37.6 Å². The van der Waals surface area contributed by atoms with E-state index in [0.717, 1.165) is 31.8 Å². The standard InChI is InChI=1S/C22H22FN5O2S/c1-2-27-11-13-28(14-12-27)22-21(25-18-5-3-4-6-19(18)26-22)20(15-24)31(29,30)17-9-7-16(23)8-10-17/h3-10,20H,2,11-14H2,1H3/t20-/m1/s1. The number of hydrogen-bond acceptors (Lipinski definition) is 7. The van der Waals surface area contributed by atoms with Crippen LogP contribution < -0.4 is 4.90 Å². The van der Waals surface area contributed by atoms with Gasteiger partial charge in [-0.05, 0) is 42.9 Å². The summed E-state index contributed by atoms with van der Waals surface area (Å²) < 4.78 is 39.9. The molecule has 0 unspecified atom stereocenters. The van der Waals surface area contributed by atoms with Crippen molar-refractivity contribution in [2.24, 2.45) is 0 Å². The molecule has 1 aliphatic rings. The number of halogens is 1. The molecule has 31 heavy (non-hydrogen) atoms. The molecule has 0 spiro atoms. The van der Waals surface area contributed by atoms with Gasteiger partial charge < -0.3 is 9.80 Å². The second-order valence-electron chi connectivity index (χ2n) is 7.35. The minimum Gasteiger partial charge on any atom is -0.352 e. The molecular formula is C22H22FN5O2S. The van der Waals surface area contributed by atoms with Gasteiger partial charge in [-0.3, -0.25) is 0 Å². The van der Waals surface area contributed by atoms with Crippen molar-refractivity contribution < 1.29 is 12.8 Å². The van der Waals surface area contributed by atoms with Crippen molar-refractivity contribution in [2.45, 2.75) is 17.1 Å². The molecule has 0 amide bonds. The number of piperazine rings is 1. The lowest BCUT2D eigenvalue weighted by Gasteiger charge is -2.35. The maximum absolute atomic E-state index is 13.3. The molecule has 3 aromatic rings. The molecule has 4 rings (SSSR count). The highest BCUT2D eigenvalue weighted by atomic mass is 32.2. The summed E-state index contributed by atoms with van der Waals surface area (Å²) in [6, 6.07) is 13.6. The number of rotatable bonds is 5. The molecule has 1 aliphatic heterocycles. The van der Waals surface area contributed by atoms with Crippen molar-refractivity contribution in [3.05, 3.63) is 60.0 Å². The fraction of sp³-hybridized carbons (Fsp3) is 0.318. The van der Waals surface area contributed by atoms with Gasteiger partial charge in [-0.15, -0.1) is 0 Å². The molecule has 1 saturated heterocycles. The number of para-hydroxylation sites is 2. The second-order valence-corrected chi connectivity index (χ2v) is 9.38. The minimum atomic E-state index is -4.13. The molecule has 0 bridgehead atoms. The third-order valence-electron chi connectivity index (χ3n) is 5.52. The van der Waals surface area contributed by atoms with E-state index < -0.39 is 20.9 Å². The monoisotopic (exact) mass is 439 g/mol. The van der Waals surface area contributed by atoms with Crippen LogP contribution >= 0.6 is 0 Å². The predicted molar refractivity (Wildman–Crippen MR) is 116 cm³/mol. The lowest BCUT2D eigenvalue weighted by molar-refractivity contribution is 0.270. The van der Waals surface area contributed by atoms with Gasteiger partial charge in [-0.25, -0.2) is 22.8 Å². The molecule has 2 heterocycles. The summed E-state index contributed by atoms with van der Waals surface area (Å²) in [5, 5.41) is 8.35. The van der Waals surface area contributed by atoms with Gasteiger partial charge in [0.15, 0.2) is 11.1 Å². The lowest BCUT2D eigenvalue weighted by Crippen LogP contribution is -2.47. The Kier molecular flexibility index (Phi) is 5.85. The van der Waals surface area contributed by atoms with E-state index in [-0.39, 0.29) is 10.6 Å². The first-order chi connectivity index (χ1) is 14.9. The highest BCUT2D eigenvalue weighted by Gasteiger charge is 2.35. The summed E-state index contributed by atoms with van der Waals surface area (Å²) >= 11 is 0. The number of fused-ring (bicyclic) bond motifs is 1. The van der Waals surface area contributed by atoms with Crippen molar-refractivity contribution in [3.8, 4) is 6.07 Å². The zero-order valence-corrected chi connectivity index (χ0v) is 17.9. The first-order valence-corrected chi connectivity index (χ1v) is 11.6. The van der Waals surface area contributed by atoms with Crippen molar-refractivity contribution in [1.29, 1.82) is 5.26 Å². The summed E-state index contributed by atoms with van der Waals surface area (Å²) in [4.78, 5) is 13.4. The smallest absolute Gasteiger partial charge is 0.200 e. The van der Waals surface area contributed by atoms with Crippen LogP contribution in [0.25, 0.3) is 11.0 Å². The minimum absolute atomic E-state index is 0.107. The Bertz CT molecular complexity index is 1230. The lowest BCUT2D eigenvalue weighted by atomic mass is 10.2.